The summed E-state index contributed by atoms with van der Waals surface area (Å²) in [5.41, 5.74) is 0.693. The van der Waals surface area contributed by atoms with E-state index in [9.17, 15) is 9.59 Å². The molecule has 0 spiro atoms. The van der Waals surface area contributed by atoms with Crippen molar-refractivity contribution < 1.29 is 9.59 Å². The Balaban J connectivity index is 1.56. The molecule has 0 atom stereocenters. The molecule has 5 heteroatoms. The fraction of sp³-hybridized carbons (Fsp3) is 0.500. The van der Waals surface area contributed by atoms with Crippen LogP contribution >= 0.6 is 15.9 Å². The van der Waals surface area contributed by atoms with Gasteiger partial charge in [0, 0.05) is 29.5 Å². The first-order chi connectivity index (χ1) is 10.1. The van der Waals surface area contributed by atoms with Crippen LogP contribution in [0, 0.1) is 5.92 Å². The maximum atomic E-state index is 12.5. The normalized spacial score (nSPS) is 19.4. The number of piperidine rings is 1. The molecular formula is C16H19BrN2O2. The fourth-order valence-corrected chi connectivity index (χ4v) is 3.15. The van der Waals surface area contributed by atoms with Crippen LogP contribution in [0.3, 0.4) is 0 Å². The van der Waals surface area contributed by atoms with E-state index in [2.05, 4.69) is 21.2 Å². The van der Waals surface area contributed by atoms with Gasteiger partial charge >= 0.3 is 0 Å². The molecule has 2 fully saturated rings. The zero-order valence-electron chi connectivity index (χ0n) is 11.8. The highest BCUT2D eigenvalue weighted by Crippen LogP contribution is 2.24. The van der Waals surface area contributed by atoms with Gasteiger partial charge in [-0.2, -0.15) is 0 Å². The molecule has 1 heterocycles. The molecule has 1 aliphatic carbocycles. The van der Waals surface area contributed by atoms with E-state index in [4.69, 9.17) is 0 Å². The summed E-state index contributed by atoms with van der Waals surface area (Å²) >= 11 is 3.42. The highest BCUT2D eigenvalue weighted by molar-refractivity contribution is 9.10. The van der Waals surface area contributed by atoms with Crippen molar-refractivity contribution in [2.75, 3.05) is 13.1 Å². The maximum absolute atomic E-state index is 12.5. The molecule has 2 amide bonds. The van der Waals surface area contributed by atoms with Gasteiger partial charge in [0.2, 0.25) is 5.91 Å². The minimum Gasteiger partial charge on any atom is -0.353 e. The van der Waals surface area contributed by atoms with Crippen LogP contribution in [0.5, 0.6) is 0 Å². The number of nitrogens with one attached hydrogen (secondary N) is 1. The summed E-state index contributed by atoms with van der Waals surface area (Å²) in [5.74, 6) is 0.280. The Morgan fingerprint density at radius 3 is 2.38 bits per heavy atom. The van der Waals surface area contributed by atoms with Gasteiger partial charge < -0.3 is 10.2 Å². The maximum Gasteiger partial charge on any atom is 0.254 e. The Hall–Kier alpha value is -1.36. The average molecular weight is 351 g/mol. The molecule has 0 radical (unpaired) electrons. The van der Waals surface area contributed by atoms with Gasteiger partial charge in [-0.3, -0.25) is 9.59 Å². The van der Waals surface area contributed by atoms with Gasteiger partial charge in [-0.05, 0) is 53.7 Å². The molecule has 1 N–H and O–H groups in total. The SMILES string of the molecule is O=C(NC1CC1)C1CCN(C(=O)c2ccccc2Br)CC1. The largest absolute Gasteiger partial charge is 0.353 e. The molecule has 112 valence electrons. The highest BCUT2D eigenvalue weighted by Gasteiger charge is 2.31. The van der Waals surface area contributed by atoms with E-state index in [-0.39, 0.29) is 17.7 Å². The molecule has 1 aromatic carbocycles. The second kappa shape index (κ2) is 6.18. The summed E-state index contributed by atoms with van der Waals surface area (Å²) < 4.78 is 0.823. The molecule has 0 bridgehead atoms. The predicted molar refractivity (Wildman–Crippen MR) is 83.9 cm³/mol. The first-order valence-electron chi connectivity index (χ1n) is 7.49. The third-order valence-corrected chi connectivity index (χ3v) is 4.87. The third kappa shape index (κ3) is 3.46. The van der Waals surface area contributed by atoms with E-state index in [0.29, 0.717) is 24.7 Å². The summed E-state index contributed by atoms with van der Waals surface area (Å²) in [7, 11) is 0. The molecule has 1 aliphatic heterocycles. The summed E-state index contributed by atoms with van der Waals surface area (Å²) in [6.07, 6.45) is 3.75. The first-order valence-corrected chi connectivity index (χ1v) is 8.28. The van der Waals surface area contributed by atoms with Crippen molar-refractivity contribution >= 4 is 27.7 Å². The van der Waals surface area contributed by atoms with Gasteiger partial charge in [0.05, 0.1) is 5.56 Å². The Morgan fingerprint density at radius 2 is 1.76 bits per heavy atom. The van der Waals surface area contributed by atoms with Gasteiger partial charge in [0.15, 0.2) is 0 Å². The van der Waals surface area contributed by atoms with Crippen LogP contribution < -0.4 is 5.32 Å². The molecule has 0 unspecified atom stereocenters. The first kappa shape index (κ1) is 14.6. The minimum absolute atomic E-state index is 0.0449. The number of amides is 2. The van der Waals surface area contributed by atoms with Gasteiger partial charge in [0.25, 0.3) is 5.91 Å². The van der Waals surface area contributed by atoms with Crippen molar-refractivity contribution in [3.8, 4) is 0 Å². The van der Waals surface area contributed by atoms with Crippen molar-refractivity contribution in [1.29, 1.82) is 0 Å². The second-order valence-corrected chi connectivity index (χ2v) is 6.68. The zero-order valence-corrected chi connectivity index (χ0v) is 13.4. The fourth-order valence-electron chi connectivity index (χ4n) is 2.70. The van der Waals surface area contributed by atoms with Crippen LogP contribution in [-0.2, 0) is 4.79 Å². The van der Waals surface area contributed by atoms with Gasteiger partial charge in [0.1, 0.15) is 0 Å². The van der Waals surface area contributed by atoms with E-state index >= 15 is 0 Å². The molecule has 1 aromatic rings. The summed E-state index contributed by atoms with van der Waals surface area (Å²) in [5, 5.41) is 3.06. The molecular weight excluding hydrogens is 332 g/mol. The predicted octanol–water partition coefficient (Wildman–Crippen LogP) is 2.58. The quantitative estimate of drug-likeness (QED) is 0.910. The summed E-state index contributed by atoms with van der Waals surface area (Å²) in [6.45, 7) is 1.31. The second-order valence-electron chi connectivity index (χ2n) is 5.83. The van der Waals surface area contributed by atoms with Crippen molar-refractivity contribution in [1.82, 2.24) is 10.2 Å². The van der Waals surface area contributed by atoms with Gasteiger partial charge in [-0.15, -0.1) is 0 Å². The Kier molecular flexibility index (Phi) is 4.29. The molecule has 1 saturated carbocycles. The number of benzene rings is 1. The number of hydrogen-bond donors (Lipinski definition) is 1. The van der Waals surface area contributed by atoms with E-state index < -0.39 is 0 Å². The molecule has 3 rings (SSSR count). The van der Waals surface area contributed by atoms with Crippen molar-refractivity contribution in [3.05, 3.63) is 34.3 Å². The molecule has 1 saturated heterocycles. The van der Waals surface area contributed by atoms with Crippen molar-refractivity contribution in [3.63, 3.8) is 0 Å². The lowest BCUT2D eigenvalue weighted by atomic mass is 9.95. The van der Waals surface area contributed by atoms with E-state index in [1.807, 2.05) is 29.2 Å². The molecule has 2 aliphatic rings. The standard InChI is InChI=1S/C16H19BrN2O2/c17-14-4-2-1-3-13(14)16(21)19-9-7-11(8-10-19)15(20)18-12-5-6-12/h1-4,11-12H,5-10H2,(H,18,20). The van der Waals surface area contributed by atoms with E-state index in [1.54, 1.807) is 0 Å². The van der Waals surface area contributed by atoms with Gasteiger partial charge in [-0.25, -0.2) is 0 Å². The van der Waals surface area contributed by atoms with Crippen LogP contribution in [0.2, 0.25) is 0 Å². The monoisotopic (exact) mass is 350 g/mol. The number of halogens is 1. The summed E-state index contributed by atoms with van der Waals surface area (Å²) in [6, 6.07) is 7.89. The van der Waals surface area contributed by atoms with Crippen molar-refractivity contribution in [2.24, 2.45) is 5.92 Å². The summed E-state index contributed by atoms with van der Waals surface area (Å²) in [4.78, 5) is 26.4. The van der Waals surface area contributed by atoms with Crippen LogP contribution in [0.25, 0.3) is 0 Å². The number of nitrogens with zero attached hydrogens (tertiary/aromatic N) is 1. The smallest absolute Gasteiger partial charge is 0.254 e. The lowest BCUT2D eigenvalue weighted by Gasteiger charge is -2.31. The highest BCUT2D eigenvalue weighted by atomic mass is 79.9. The number of carbonyl (C=O) groups is 2. The van der Waals surface area contributed by atoms with Gasteiger partial charge in [-0.1, -0.05) is 12.1 Å². The topological polar surface area (TPSA) is 49.4 Å². The third-order valence-electron chi connectivity index (χ3n) is 4.18. The van der Waals surface area contributed by atoms with Crippen molar-refractivity contribution in [2.45, 2.75) is 31.7 Å². The lowest BCUT2D eigenvalue weighted by Crippen LogP contribution is -2.43. The van der Waals surface area contributed by atoms with Crippen LogP contribution in [-0.4, -0.2) is 35.8 Å². The van der Waals surface area contributed by atoms with E-state index in [0.717, 1.165) is 30.2 Å². The zero-order chi connectivity index (χ0) is 14.8. The average Bonchev–Trinajstić information content (AvgIpc) is 3.31. The molecule has 0 aromatic heterocycles. The molecule has 4 nitrogen and oxygen atoms in total. The van der Waals surface area contributed by atoms with Crippen LogP contribution in [0.1, 0.15) is 36.0 Å². The van der Waals surface area contributed by atoms with Crippen LogP contribution in [0.4, 0.5) is 0 Å². The number of likely N-dealkylation sites (tertiary alicyclic amines) is 1. The van der Waals surface area contributed by atoms with Crippen LogP contribution in [0.15, 0.2) is 28.7 Å². The minimum atomic E-state index is 0.0449. The lowest BCUT2D eigenvalue weighted by molar-refractivity contribution is -0.126. The number of carbonyl (C=O) groups excluding carboxylic acids is 2. The Morgan fingerprint density at radius 1 is 1.10 bits per heavy atom. The number of rotatable bonds is 3. The Labute approximate surface area is 133 Å². The molecule has 21 heavy (non-hydrogen) atoms. The van der Waals surface area contributed by atoms with E-state index in [1.165, 1.54) is 0 Å². The number of hydrogen-bond acceptors (Lipinski definition) is 2. The Bertz CT molecular complexity index is 549.